The van der Waals surface area contributed by atoms with Gasteiger partial charge in [-0.1, -0.05) is 41.9 Å². The fraction of sp³-hybridized carbons (Fsp3) is 0.0370. The Hall–Kier alpha value is -3.69. The number of hydrogen-bond donors (Lipinski definition) is 1. The summed E-state index contributed by atoms with van der Waals surface area (Å²) in [6.45, 7) is 1.98. The fourth-order valence-corrected chi connectivity index (χ4v) is 4.11. The minimum Gasteiger partial charge on any atom is -0.506 e. The summed E-state index contributed by atoms with van der Waals surface area (Å²) in [4.78, 5) is 9.21. The Morgan fingerprint density at radius 3 is 2.55 bits per heavy atom. The van der Waals surface area contributed by atoms with Crippen LogP contribution in [-0.4, -0.2) is 19.6 Å². The number of rotatable bonds is 3. The summed E-state index contributed by atoms with van der Waals surface area (Å²) in [6.07, 6.45) is 0. The molecule has 0 saturated heterocycles. The average molecular weight is 612 g/mol. The van der Waals surface area contributed by atoms with E-state index in [9.17, 15) is 5.11 Å². The Bertz CT molecular complexity index is 1640. The molecule has 3 heterocycles. The SMILES string of the molecule is Cc1cccc(-n2c3[c-]c(Oc4ccc5cccc(O)c5n4)ccc3c3ccccc32)n1.[Pt]. The third kappa shape index (κ3) is 3.65. The predicted octanol–water partition coefficient (Wildman–Crippen LogP) is 6.33. The van der Waals surface area contributed by atoms with Crippen LogP contribution in [0.5, 0.6) is 17.4 Å². The average Bonchev–Trinajstić information content (AvgIpc) is 3.13. The van der Waals surface area contributed by atoms with E-state index in [1.165, 1.54) is 0 Å². The van der Waals surface area contributed by atoms with Gasteiger partial charge in [0.05, 0.1) is 0 Å². The molecule has 6 aromatic rings. The summed E-state index contributed by atoms with van der Waals surface area (Å²) < 4.78 is 8.15. The molecule has 0 bridgehead atoms. The molecule has 0 unspecified atom stereocenters. The Kier molecular flexibility index (Phi) is 5.35. The van der Waals surface area contributed by atoms with E-state index in [2.05, 4.69) is 27.8 Å². The first-order valence-electron chi connectivity index (χ1n) is 10.3. The van der Waals surface area contributed by atoms with Gasteiger partial charge in [-0.3, -0.25) is 0 Å². The summed E-state index contributed by atoms with van der Waals surface area (Å²) in [5, 5.41) is 13.2. The Morgan fingerprint density at radius 1 is 0.818 bits per heavy atom. The van der Waals surface area contributed by atoms with Crippen molar-refractivity contribution >= 4 is 32.7 Å². The third-order valence-corrected chi connectivity index (χ3v) is 5.55. The first-order valence-corrected chi connectivity index (χ1v) is 10.3. The third-order valence-electron chi connectivity index (χ3n) is 5.55. The second kappa shape index (κ2) is 8.34. The fourth-order valence-electron chi connectivity index (χ4n) is 4.11. The van der Waals surface area contributed by atoms with Crippen molar-refractivity contribution in [1.29, 1.82) is 0 Å². The van der Waals surface area contributed by atoms with Crippen molar-refractivity contribution in [3.8, 4) is 23.2 Å². The zero-order chi connectivity index (χ0) is 21.7. The number of hydrogen-bond acceptors (Lipinski definition) is 4. The molecule has 0 atom stereocenters. The van der Waals surface area contributed by atoms with Crippen molar-refractivity contribution in [3.05, 3.63) is 96.7 Å². The van der Waals surface area contributed by atoms with Crippen LogP contribution in [-0.2, 0) is 21.1 Å². The monoisotopic (exact) mass is 611 g/mol. The molecule has 6 rings (SSSR count). The van der Waals surface area contributed by atoms with Crippen LogP contribution in [0.15, 0.2) is 84.9 Å². The van der Waals surface area contributed by atoms with Crippen LogP contribution in [0.3, 0.4) is 0 Å². The molecule has 33 heavy (non-hydrogen) atoms. The van der Waals surface area contributed by atoms with Gasteiger partial charge in [-0.15, -0.1) is 17.5 Å². The van der Waals surface area contributed by atoms with Crippen molar-refractivity contribution in [3.63, 3.8) is 0 Å². The van der Waals surface area contributed by atoms with E-state index in [4.69, 9.17) is 9.72 Å². The van der Waals surface area contributed by atoms with Crippen LogP contribution in [0, 0.1) is 13.0 Å². The smallest absolute Gasteiger partial charge is 0.217 e. The molecule has 0 spiro atoms. The second-order valence-corrected chi connectivity index (χ2v) is 7.68. The van der Waals surface area contributed by atoms with E-state index in [0.29, 0.717) is 17.1 Å². The molecular formula is C27H18N3O2Pt-. The number of aryl methyl sites for hydroxylation is 1. The van der Waals surface area contributed by atoms with Gasteiger partial charge in [-0.25, -0.2) is 9.97 Å². The molecular weight excluding hydrogens is 593 g/mol. The molecule has 0 radical (unpaired) electrons. The molecule has 1 N–H and O–H groups in total. The number of aromatic nitrogens is 3. The first-order chi connectivity index (χ1) is 15.7. The Balaban J connectivity index is 0.00000228. The van der Waals surface area contributed by atoms with Crippen molar-refractivity contribution in [2.45, 2.75) is 6.92 Å². The molecule has 0 aliphatic rings. The van der Waals surface area contributed by atoms with Crippen LogP contribution in [0.4, 0.5) is 0 Å². The van der Waals surface area contributed by atoms with Crippen LogP contribution in [0.1, 0.15) is 5.69 Å². The molecule has 164 valence electrons. The van der Waals surface area contributed by atoms with Crippen LogP contribution < -0.4 is 4.74 Å². The molecule has 0 saturated carbocycles. The standard InChI is InChI=1S/C27H18N3O2.Pt/c1-17-6-4-11-25(28-17)30-22-9-3-2-8-20(22)21-14-13-19(16-23(21)30)32-26-15-12-18-7-5-10-24(31)27(18)29-26;/h2-15,31H,1H3;/q-1;. The van der Waals surface area contributed by atoms with E-state index < -0.39 is 0 Å². The number of ether oxygens (including phenoxy) is 1. The van der Waals surface area contributed by atoms with Gasteiger partial charge >= 0.3 is 0 Å². The zero-order valence-electron chi connectivity index (χ0n) is 17.6. The van der Waals surface area contributed by atoms with Gasteiger partial charge in [0.1, 0.15) is 17.1 Å². The van der Waals surface area contributed by atoms with E-state index in [-0.39, 0.29) is 26.8 Å². The van der Waals surface area contributed by atoms with Crippen LogP contribution in [0.2, 0.25) is 0 Å². The number of pyridine rings is 2. The maximum Gasteiger partial charge on any atom is 0.217 e. The first kappa shape index (κ1) is 21.2. The predicted molar refractivity (Wildman–Crippen MR) is 126 cm³/mol. The van der Waals surface area contributed by atoms with Crippen molar-refractivity contribution in [1.82, 2.24) is 14.5 Å². The largest absolute Gasteiger partial charge is 0.506 e. The number of phenols is 1. The Labute approximate surface area is 204 Å². The number of fused-ring (bicyclic) bond motifs is 4. The zero-order valence-corrected chi connectivity index (χ0v) is 19.9. The van der Waals surface area contributed by atoms with Gasteiger partial charge in [-0.05, 0) is 42.6 Å². The van der Waals surface area contributed by atoms with E-state index in [0.717, 1.165) is 38.7 Å². The van der Waals surface area contributed by atoms with Gasteiger partial charge < -0.3 is 14.4 Å². The number of phenolic OH excluding ortho intramolecular Hbond substituents is 1. The maximum absolute atomic E-state index is 10.1. The van der Waals surface area contributed by atoms with Gasteiger partial charge in [0.25, 0.3) is 0 Å². The Morgan fingerprint density at radius 2 is 1.67 bits per heavy atom. The quantitative estimate of drug-likeness (QED) is 0.238. The van der Waals surface area contributed by atoms with Gasteiger partial charge in [0, 0.05) is 49.5 Å². The summed E-state index contributed by atoms with van der Waals surface area (Å²) in [7, 11) is 0. The topological polar surface area (TPSA) is 60.2 Å². The summed E-state index contributed by atoms with van der Waals surface area (Å²) in [5.74, 6) is 1.89. The van der Waals surface area contributed by atoms with E-state index in [1.54, 1.807) is 18.2 Å². The number of para-hydroxylation sites is 2. The number of nitrogens with zero attached hydrogens (tertiary/aromatic N) is 3. The summed E-state index contributed by atoms with van der Waals surface area (Å²) >= 11 is 0. The normalized spacial score (nSPS) is 11.1. The molecule has 0 amide bonds. The second-order valence-electron chi connectivity index (χ2n) is 7.68. The summed E-state index contributed by atoms with van der Waals surface area (Å²) in [5.41, 5.74) is 3.39. The molecule has 3 aromatic carbocycles. The molecule has 3 aromatic heterocycles. The van der Waals surface area contributed by atoms with Crippen molar-refractivity contribution < 1.29 is 30.9 Å². The van der Waals surface area contributed by atoms with Crippen LogP contribution in [0.25, 0.3) is 38.5 Å². The molecule has 0 fully saturated rings. The maximum atomic E-state index is 10.1. The molecule has 5 nitrogen and oxygen atoms in total. The van der Waals surface area contributed by atoms with Crippen LogP contribution >= 0.6 is 0 Å². The minimum absolute atomic E-state index is 0. The molecule has 0 aliphatic carbocycles. The van der Waals surface area contributed by atoms with E-state index >= 15 is 0 Å². The van der Waals surface area contributed by atoms with Gasteiger partial charge in [0.15, 0.2) is 0 Å². The van der Waals surface area contributed by atoms with Crippen molar-refractivity contribution in [2.75, 3.05) is 0 Å². The van der Waals surface area contributed by atoms with Gasteiger partial charge in [0.2, 0.25) is 5.88 Å². The number of benzene rings is 3. The van der Waals surface area contributed by atoms with E-state index in [1.807, 2.05) is 61.5 Å². The van der Waals surface area contributed by atoms with Gasteiger partial charge in [-0.2, -0.15) is 6.07 Å². The minimum atomic E-state index is 0. The van der Waals surface area contributed by atoms with Crippen molar-refractivity contribution in [2.24, 2.45) is 0 Å². The molecule has 0 aliphatic heterocycles. The summed E-state index contributed by atoms with van der Waals surface area (Å²) in [6, 6.07) is 30.5. The number of aromatic hydroxyl groups is 1. The molecule has 6 heteroatoms.